The fraction of sp³-hybridized carbons (Fsp3) is 0.292. The molecule has 10 nitrogen and oxygen atoms in total. The number of non-ortho nitro benzene ring substituents is 1. The number of amides is 1. The molecule has 2 aromatic heterocycles. The standard InChI is InChI=1S/C22H17N3O7.C2H6/c1-10-18(22(28)31-2)19-13-5-6-24(14(13)9-15(26)20(19)23-10)21(27)17-8-11-7-12(25(29)30)3-4-16(11)32-17;1-2/h3-4,7-9,13,23H,5-6H2,1-2H3;1-2H3. The number of aryl methyl sites for hydroxylation is 1. The summed E-state index contributed by atoms with van der Waals surface area (Å²) in [7, 11) is 1.28. The number of benzene rings is 1. The Morgan fingerprint density at radius 1 is 1.26 bits per heavy atom. The van der Waals surface area contributed by atoms with Crippen LogP contribution in [0.5, 0.6) is 0 Å². The van der Waals surface area contributed by atoms with Gasteiger partial charge in [-0.3, -0.25) is 19.7 Å². The number of fused-ring (bicyclic) bond motifs is 4. The summed E-state index contributed by atoms with van der Waals surface area (Å²) in [5, 5.41) is 11.4. The summed E-state index contributed by atoms with van der Waals surface area (Å²) in [5.41, 5.74) is 2.47. The molecule has 0 radical (unpaired) electrons. The molecule has 10 heteroatoms. The lowest BCUT2D eigenvalue weighted by atomic mass is 9.86. The van der Waals surface area contributed by atoms with Crippen LogP contribution in [0.25, 0.3) is 11.0 Å². The summed E-state index contributed by atoms with van der Waals surface area (Å²) < 4.78 is 10.5. The third-order valence-electron chi connectivity index (χ3n) is 5.97. The van der Waals surface area contributed by atoms with Crippen LogP contribution in [0.4, 0.5) is 5.69 Å². The highest BCUT2D eigenvalue weighted by molar-refractivity contribution is 6.10. The van der Waals surface area contributed by atoms with E-state index in [1.165, 1.54) is 42.4 Å². The highest BCUT2D eigenvalue weighted by Gasteiger charge is 2.43. The second kappa shape index (κ2) is 8.62. The minimum absolute atomic E-state index is 0.0127. The maximum atomic E-state index is 13.2. The Morgan fingerprint density at radius 3 is 2.68 bits per heavy atom. The van der Waals surface area contributed by atoms with E-state index in [0.29, 0.717) is 52.1 Å². The van der Waals surface area contributed by atoms with Crippen LogP contribution in [0.15, 0.2) is 40.5 Å². The van der Waals surface area contributed by atoms with E-state index in [1.54, 1.807) is 6.92 Å². The molecule has 1 N–H and O–H groups in total. The van der Waals surface area contributed by atoms with Gasteiger partial charge in [-0.25, -0.2) is 4.79 Å². The number of nitrogens with one attached hydrogen (secondary N) is 1. The largest absolute Gasteiger partial charge is 0.465 e. The van der Waals surface area contributed by atoms with Crippen molar-refractivity contribution in [2.24, 2.45) is 0 Å². The number of aromatic amines is 1. The molecule has 0 bridgehead atoms. The molecule has 1 aliphatic heterocycles. The normalized spacial score (nSPS) is 16.4. The van der Waals surface area contributed by atoms with Crippen molar-refractivity contribution in [1.82, 2.24) is 9.88 Å². The molecule has 1 saturated heterocycles. The molecule has 1 unspecified atom stereocenters. The second-order valence-electron chi connectivity index (χ2n) is 7.73. The van der Waals surface area contributed by atoms with Gasteiger partial charge in [-0.1, -0.05) is 13.8 Å². The molecule has 1 atom stereocenters. The summed E-state index contributed by atoms with van der Waals surface area (Å²) in [6.07, 6.45) is 1.92. The summed E-state index contributed by atoms with van der Waals surface area (Å²) in [4.78, 5) is 53.3. The average Bonchev–Trinajstić information content (AvgIpc) is 3.53. The number of likely N-dealkylation sites (tertiary alicyclic amines) is 1. The predicted octanol–water partition coefficient (Wildman–Crippen LogP) is 4.50. The number of aromatic nitrogens is 1. The molecular weight excluding hydrogens is 442 g/mol. The zero-order chi connectivity index (χ0) is 24.7. The number of carbonyl (C=O) groups is 3. The van der Waals surface area contributed by atoms with Crippen LogP contribution >= 0.6 is 0 Å². The number of rotatable bonds is 3. The molecule has 0 spiro atoms. The van der Waals surface area contributed by atoms with Gasteiger partial charge in [0.05, 0.1) is 23.3 Å². The Hall–Kier alpha value is -4.21. The number of allylic oxidation sites excluding steroid dienone is 2. The van der Waals surface area contributed by atoms with Crippen molar-refractivity contribution in [3.05, 3.63) is 74.4 Å². The van der Waals surface area contributed by atoms with Gasteiger partial charge >= 0.3 is 5.97 Å². The third-order valence-corrected chi connectivity index (χ3v) is 5.97. The number of ketones is 1. The van der Waals surface area contributed by atoms with E-state index in [1.807, 2.05) is 13.8 Å². The Balaban J connectivity index is 0.00000133. The molecule has 2 aliphatic rings. The number of furan rings is 1. The predicted molar refractivity (Wildman–Crippen MR) is 122 cm³/mol. The molecule has 1 aromatic carbocycles. The number of nitro benzene ring substituents is 1. The van der Waals surface area contributed by atoms with Crippen LogP contribution in [-0.4, -0.2) is 46.1 Å². The first-order valence-electron chi connectivity index (χ1n) is 10.9. The Labute approximate surface area is 194 Å². The SMILES string of the molecule is CC.COC(=O)c1c(C)[nH]c2c1C1CCN(C(=O)c3cc4cc([N+](=O)[O-])ccc4o3)C1=CC2=O. The molecule has 0 saturated carbocycles. The summed E-state index contributed by atoms with van der Waals surface area (Å²) in [6, 6.07) is 5.54. The summed E-state index contributed by atoms with van der Waals surface area (Å²) >= 11 is 0. The minimum Gasteiger partial charge on any atom is -0.465 e. The number of esters is 1. The highest BCUT2D eigenvalue weighted by atomic mass is 16.6. The van der Waals surface area contributed by atoms with Gasteiger partial charge in [0, 0.05) is 53.0 Å². The first-order chi connectivity index (χ1) is 16.3. The van der Waals surface area contributed by atoms with E-state index < -0.39 is 16.8 Å². The number of carbonyl (C=O) groups excluding carboxylic acids is 3. The molecule has 1 fully saturated rings. The van der Waals surface area contributed by atoms with Gasteiger partial charge in [-0.05, 0) is 25.5 Å². The van der Waals surface area contributed by atoms with Crippen molar-refractivity contribution < 1.29 is 28.5 Å². The van der Waals surface area contributed by atoms with E-state index in [-0.39, 0.29) is 23.1 Å². The van der Waals surface area contributed by atoms with Gasteiger partial charge in [0.25, 0.3) is 11.6 Å². The zero-order valence-corrected chi connectivity index (χ0v) is 19.1. The maximum absolute atomic E-state index is 13.2. The van der Waals surface area contributed by atoms with Gasteiger partial charge in [0.1, 0.15) is 5.58 Å². The zero-order valence-electron chi connectivity index (χ0n) is 19.1. The number of nitrogens with zero attached hydrogens (tertiary/aromatic N) is 2. The molecule has 1 amide bonds. The van der Waals surface area contributed by atoms with E-state index in [2.05, 4.69) is 4.98 Å². The number of H-pyrrole nitrogens is 1. The number of ether oxygens (including phenoxy) is 1. The minimum atomic E-state index is -0.544. The van der Waals surface area contributed by atoms with E-state index in [9.17, 15) is 24.5 Å². The van der Waals surface area contributed by atoms with Crippen molar-refractivity contribution in [1.29, 1.82) is 0 Å². The number of nitro groups is 1. The fourth-order valence-corrected chi connectivity index (χ4v) is 4.55. The second-order valence-corrected chi connectivity index (χ2v) is 7.73. The molecule has 3 aromatic rings. The van der Waals surface area contributed by atoms with Gasteiger partial charge in [-0.2, -0.15) is 0 Å². The van der Waals surface area contributed by atoms with Crippen molar-refractivity contribution in [2.45, 2.75) is 33.1 Å². The van der Waals surface area contributed by atoms with E-state index >= 15 is 0 Å². The molecule has 3 heterocycles. The van der Waals surface area contributed by atoms with Crippen molar-refractivity contribution in [3.8, 4) is 0 Å². The summed E-state index contributed by atoms with van der Waals surface area (Å²) in [5.74, 6) is -1.64. The first-order valence-corrected chi connectivity index (χ1v) is 10.9. The first kappa shape index (κ1) is 23.0. The highest BCUT2D eigenvalue weighted by Crippen LogP contribution is 2.44. The fourth-order valence-electron chi connectivity index (χ4n) is 4.55. The lowest BCUT2D eigenvalue weighted by molar-refractivity contribution is -0.384. The van der Waals surface area contributed by atoms with Crippen molar-refractivity contribution in [3.63, 3.8) is 0 Å². The van der Waals surface area contributed by atoms with Gasteiger partial charge in [-0.15, -0.1) is 0 Å². The van der Waals surface area contributed by atoms with Crippen LogP contribution in [0.3, 0.4) is 0 Å². The Morgan fingerprint density at radius 2 is 2.00 bits per heavy atom. The average molecular weight is 465 g/mol. The number of hydrogen-bond donors (Lipinski definition) is 1. The van der Waals surface area contributed by atoms with Crippen LogP contribution in [0.1, 0.15) is 68.8 Å². The maximum Gasteiger partial charge on any atom is 0.340 e. The van der Waals surface area contributed by atoms with Crippen LogP contribution < -0.4 is 0 Å². The van der Waals surface area contributed by atoms with Gasteiger partial charge in [0.15, 0.2) is 5.76 Å². The van der Waals surface area contributed by atoms with Gasteiger partial charge in [0.2, 0.25) is 5.78 Å². The van der Waals surface area contributed by atoms with Gasteiger partial charge < -0.3 is 19.0 Å². The Bertz CT molecular complexity index is 1380. The van der Waals surface area contributed by atoms with Crippen molar-refractivity contribution >= 4 is 34.3 Å². The quantitative estimate of drug-likeness (QED) is 0.342. The summed E-state index contributed by atoms with van der Waals surface area (Å²) in [6.45, 7) is 6.02. The van der Waals surface area contributed by atoms with E-state index in [4.69, 9.17) is 9.15 Å². The smallest absolute Gasteiger partial charge is 0.340 e. The molecule has 5 rings (SSSR count). The lowest BCUT2D eigenvalue weighted by Gasteiger charge is -2.23. The Kier molecular flexibility index (Phi) is 5.82. The topological polar surface area (TPSA) is 136 Å². The molecular formula is C24H23N3O7. The van der Waals surface area contributed by atoms with Crippen molar-refractivity contribution in [2.75, 3.05) is 13.7 Å². The molecule has 34 heavy (non-hydrogen) atoms. The molecule has 176 valence electrons. The van der Waals surface area contributed by atoms with E-state index in [0.717, 1.165) is 0 Å². The molecule has 1 aliphatic carbocycles. The number of hydrogen-bond acceptors (Lipinski definition) is 7. The number of methoxy groups -OCH3 is 1. The van der Waals surface area contributed by atoms with Crippen LogP contribution in [-0.2, 0) is 4.74 Å². The lowest BCUT2D eigenvalue weighted by Crippen LogP contribution is -2.28. The third kappa shape index (κ3) is 3.47. The van der Waals surface area contributed by atoms with Crippen LogP contribution in [0, 0.1) is 17.0 Å². The monoisotopic (exact) mass is 465 g/mol. The van der Waals surface area contributed by atoms with Crippen LogP contribution in [0.2, 0.25) is 0 Å².